The van der Waals surface area contributed by atoms with Crippen LogP contribution >= 0.6 is 15.9 Å². The van der Waals surface area contributed by atoms with Gasteiger partial charge in [-0.15, -0.1) is 0 Å². The summed E-state index contributed by atoms with van der Waals surface area (Å²) in [6.07, 6.45) is 1.47. The number of rotatable bonds is 10. The normalized spacial score (nSPS) is 10.9. The number of hydrazone groups is 1. The molecule has 1 heterocycles. The molecule has 4 rings (SSSR count). The van der Waals surface area contributed by atoms with Gasteiger partial charge in [0.25, 0.3) is 5.91 Å². The first-order chi connectivity index (χ1) is 18.4. The van der Waals surface area contributed by atoms with Gasteiger partial charge in [0.1, 0.15) is 0 Å². The number of carbonyl (C=O) groups excluding carboxylic acids is 1. The zero-order valence-corrected chi connectivity index (χ0v) is 22.4. The summed E-state index contributed by atoms with van der Waals surface area (Å²) in [6, 6.07) is 24.9. The van der Waals surface area contributed by atoms with Crippen LogP contribution in [0.3, 0.4) is 0 Å². The minimum absolute atomic E-state index is 0.288. The van der Waals surface area contributed by atoms with Crippen LogP contribution in [0.25, 0.3) is 16.9 Å². The number of hydrogen-bond donors (Lipinski definition) is 2. The fraction of sp³-hybridized carbons (Fsp3) is 0.138. The maximum absolute atomic E-state index is 12.7. The number of halogens is 1. The van der Waals surface area contributed by atoms with Crippen molar-refractivity contribution in [3.63, 3.8) is 0 Å². The van der Waals surface area contributed by atoms with Gasteiger partial charge < -0.3 is 19.1 Å². The van der Waals surface area contributed by atoms with E-state index in [9.17, 15) is 9.59 Å². The highest BCUT2D eigenvalue weighted by molar-refractivity contribution is 9.10. The van der Waals surface area contributed by atoms with Crippen LogP contribution in [-0.4, -0.2) is 41.0 Å². The number of ether oxygens (including phenoxy) is 2. The van der Waals surface area contributed by atoms with Crippen molar-refractivity contribution >= 4 is 34.0 Å². The molecule has 0 unspecified atom stereocenters. The highest BCUT2D eigenvalue weighted by atomic mass is 79.9. The maximum Gasteiger partial charge on any atom is 0.341 e. The molecule has 0 saturated heterocycles. The van der Waals surface area contributed by atoms with E-state index in [0.717, 1.165) is 22.6 Å². The summed E-state index contributed by atoms with van der Waals surface area (Å²) in [5.74, 6) is -0.792. The molecule has 0 atom stereocenters. The van der Waals surface area contributed by atoms with Crippen molar-refractivity contribution in [3.05, 3.63) is 100 Å². The molecule has 2 N–H and O–H groups in total. The van der Waals surface area contributed by atoms with Crippen LogP contribution in [-0.2, 0) is 4.79 Å². The third-order valence-electron chi connectivity index (χ3n) is 5.62. The van der Waals surface area contributed by atoms with Gasteiger partial charge in [0.2, 0.25) is 0 Å². The quantitative estimate of drug-likeness (QED) is 0.183. The van der Waals surface area contributed by atoms with E-state index < -0.39 is 12.6 Å². The molecule has 0 bridgehead atoms. The lowest BCUT2D eigenvalue weighted by Gasteiger charge is -2.13. The minimum Gasteiger partial charge on any atom is -0.490 e. The van der Waals surface area contributed by atoms with Crippen LogP contribution in [0.15, 0.2) is 88.4 Å². The van der Waals surface area contributed by atoms with E-state index >= 15 is 0 Å². The van der Waals surface area contributed by atoms with Crippen molar-refractivity contribution in [2.45, 2.75) is 13.8 Å². The Balaban J connectivity index is 1.47. The van der Waals surface area contributed by atoms with E-state index in [0.29, 0.717) is 28.0 Å². The van der Waals surface area contributed by atoms with Gasteiger partial charge in [0, 0.05) is 27.0 Å². The fourth-order valence-corrected chi connectivity index (χ4v) is 4.30. The number of aliphatic carboxylic acids is 1. The van der Waals surface area contributed by atoms with Gasteiger partial charge in [-0.3, -0.25) is 4.79 Å². The smallest absolute Gasteiger partial charge is 0.341 e. The average molecular weight is 576 g/mol. The number of carboxylic acids is 1. The molecule has 4 aromatic rings. The van der Waals surface area contributed by atoms with Gasteiger partial charge in [-0.05, 0) is 83.9 Å². The Morgan fingerprint density at radius 3 is 2.39 bits per heavy atom. The molecule has 1 amide bonds. The Hall–Kier alpha value is -4.37. The summed E-state index contributed by atoms with van der Waals surface area (Å²) in [5.41, 5.74) is 7.82. The van der Waals surface area contributed by atoms with E-state index in [-0.39, 0.29) is 11.7 Å². The Morgan fingerprint density at radius 2 is 1.71 bits per heavy atom. The Bertz CT molecular complexity index is 1460. The Labute approximate surface area is 228 Å². The molecule has 0 spiro atoms. The van der Waals surface area contributed by atoms with Gasteiger partial charge >= 0.3 is 5.97 Å². The van der Waals surface area contributed by atoms with E-state index in [4.69, 9.17) is 14.6 Å². The SMILES string of the molecule is CCOc1cc(/C=N/NC(=O)c2ccc(-n3c(C)ccc3-c3ccccc3)cc2)c(Br)cc1OCC(=O)O. The first kappa shape index (κ1) is 26.7. The second kappa shape index (κ2) is 12.2. The van der Waals surface area contributed by atoms with Crippen LogP contribution in [0.1, 0.15) is 28.5 Å². The molecule has 3 aromatic carbocycles. The van der Waals surface area contributed by atoms with Crippen LogP contribution in [0.5, 0.6) is 11.5 Å². The lowest BCUT2D eigenvalue weighted by molar-refractivity contribution is -0.139. The van der Waals surface area contributed by atoms with Crippen LogP contribution in [0.2, 0.25) is 0 Å². The molecule has 0 radical (unpaired) electrons. The molecule has 0 fully saturated rings. The molecule has 0 aliphatic rings. The van der Waals surface area contributed by atoms with Gasteiger partial charge in [0.15, 0.2) is 18.1 Å². The summed E-state index contributed by atoms with van der Waals surface area (Å²) in [4.78, 5) is 23.5. The average Bonchev–Trinajstić information content (AvgIpc) is 3.31. The molecular weight excluding hydrogens is 550 g/mol. The third kappa shape index (κ3) is 6.30. The summed E-state index contributed by atoms with van der Waals surface area (Å²) < 4.78 is 13.6. The summed E-state index contributed by atoms with van der Waals surface area (Å²) in [5, 5.41) is 13.0. The van der Waals surface area contributed by atoms with Gasteiger partial charge in [-0.2, -0.15) is 5.10 Å². The third-order valence-corrected chi connectivity index (χ3v) is 6.30. The predicted molar refractivity (Wildman–Crippen MR) is 149 cm³/mol. The van der Waals surface area contributed by atoms with Crippen molar-refractivity contribution in [2.75, 3.05) is 13.2 Å². The zero-order valence-electron chi connectivity index (χ0n) is 20.8. The predicted octanol–water partition coefficient (Wildman–Crippen LogP) is 5.84. The molecule has 194 valence electrons. The highest BCUT2D eigenvalue weighted by Gasteiger charge is 2.13. The number of nitrogens with one attached hydrogen (secondary N) is 1. The number of carboxylic acid groups (broad SMARTS) is 1. The molecule has 0 saturated carbocycles. The number of nitrogens with zero attached hydrogens (tertiary/aromatic N) is 2. The number of benzene rings is 3. The molecule has 8 nitrogen and oxygen atoms in total. The van der Waals surface area contributed by atoms with Crippen molar-refractivity contribution < 1.29 is 24.2 Å². The molecule has 9 heteroatoms. The second-order valence-corrected chi connectivity index (χ2v) is 9.10. The largest absolute Gasteiger partial charge is 0.490 e. The number of amides is 1. The van der Waals surface area contributed by atoms with Crippen molar-refractivity contribution in [1.29, 1.82) is 0 Å². The summed E-state index contributed by atoms with van der Waals surface area (Å²) in [6.45, 7) is 3.72. The van der Waals surface area contributed by atoms with E-state index in [2.05, 4.69) is 55.3 Å². The zero-order chi connectivity index (χ0) is 27.1. The highest BCUT2D eigenvalue weighted by Crippen LogP contribution is 2.33. The second-order valence-electron chi connectivity index (χ2n) is 8.24. The van der Waals surface area contributed by atoms with E-state index in [1.165, 1.54) is 6.21 Å². The first-order valence-corrected chi connectivity index (χ1v) is 12.6. The monoisotopic (exact) mass is 575 g/mol. The van der Waals surface area contributed by atoms with Gasteiger partial charge in [-0.1, -0.05) is 30.3 Å². The number of carbonyl (C=O) groups is 2. The van der Waals surface area contributed by atoms with Crippen molar-refractivity contribution in [3.8, 4) is 28.4 Å². The molecule has 0 aliphatic heterocycles. The number of aromatic nitrogens is 1. The number of hydrogen-bond acceptors (Lipinski definition) is 5. The lowest BCUT2D eigenvalue weighted by atomic mass is 10.1. The van der Waals surface area contributed by atoms with Crippen LogP contribution < -0.4 is 14.9 Å². The topological polar surface area (TPSA) is 102 Å². The van der Waals surface area contributed by atoms with E-state index in [1.54, 1.807) is 24.3 Å². The van der Waals surface area contributed by atoms with Gasteiger partial charge in [-0.25, -0.2) is 10.2 Å². The first-order valence-electron chi connectivity index (χ1n) is 11.9. The van der Waals surface area contributed by atoms with Crippen LogP contribution in [0, 0.1) is 6.92 Å². The van der Waals surface area contributed by atoms with Crippen molar-refractivity contribution in [2.24, 2.45) is 5.10 Å². The lowest BCUT2D eigenvalue weighted by Crippen LogP contribution is -2.17. The fourth-order valence-electron chi connectivity index (χ4n) is 3.87. The van der Waals surface area contributed by atoms with Gasteiger partial charge in [0.05, 0.1) is 18.5 Å². The Kier molecular flexibility index (Phi) is 8.60. The number of aryl methyl sites for hydroxylation is 1. The summed E-state index contributed by atoms with van der Waals surface area (Å²) in [7, 11) is 0. The van der Waals surface area contributed by atoms with Crippen molar-refractivity contribution in [1.82, 2.24) is 9.99 Å². The van der Waals surface area contributed by atoms with E-state index in [1.807, 2.05) is 44.2 Å². The Morgan fingerprint density at radius 1 is 1.00 bits per heavy atom. The van der Waals surface area contributed by atoms with Crippen LogP contribution in [0.4, 0.5) is 0 Å². The molecule has 0 aliphatic carbocycles. The minimum atomic E-state index is -1.09. The standard InChI is InChI=1S/C29H26BrN3O5/c1-3-37-26-15-22(24(30)16-27(26)38-18-28(34)35)17-31-32-29(36)21-10-12-23(13-11-21)33-19(2)9-14-25(33)20-7-5-4-6-8-20/h4-17H,3,18H2,1-2H3,(H,32,36)(H,34,35)/b31-17+. The summed E-state index contributed by atoms with van der Waals surface area (Å²) >= 11 is 3.42. The molecule has 38 heavy (non-hydrogen) atoms. The molecule has 1 aromatic heterocycles. The maximum atomic E-state index is 12.7. The molecular formula is C29H26BrN3O5.